The van der Waals surface area contributed by atoms with Crippen molar-refractivity contribution in [2.24, 2.45) is 5.92 Å². The molecule has 0 spiro atoms. The molecule has 1 aromatic carbocycles. The van der Waals surface area contributed by atoms with Crippen LogP contribution in [0.3, 0.4) is 0 Å². The molecule has 1 atom stereocenters. The highest BCUT2D eigenvalue weighted by atomic mass is 16.2. The monoisotopic (exact) mass is 352 g/mol. The molecule has 1 N–H and O–H groups in total. The lowest BCUT2D eigenvalue weighted by molar-refractivity contribution is -0.134. The van der Waals surface area contributed by atoms with Crippen molar-refractivity contribution in [3.8, 4) is 11.8 Å². The number of benzene rings is 1. The number of hydrogen-bond donors (Lipinski definition) is 1. The van der Waals surface area contributed by atoms with Crippen LogP contribution in [0, 0.1) is 17.8 Å². The van der Waals surface area contributed by atoms with E-state index in [4.69, 9.17) is 0 Å². The van der Waals surface area contributed by atoms with Gasteiger partial charge in [0.15, 0.2) is 0 Å². The molecule has 1 aromatic rings. The van der Waals surface area contributed by atoms with Gasteiger partial charge >= 0.3 is 0 Å². The van der Waals surface area contributed by atoms with E-state index in [-0.39, 0.29) is 23.7 Å². The van der Waals surface area contributed by atoms with Crippen molar-refractivity contribution in [3.05, 3.63) is 35.4 Å². The lowest BCUT2D eigenvalue weighted by Gasteiger charge is -2.28. The van der Waals surface area contributed by atoms with Crippen molar-refractivity contribution in [3.63, 3.8) is 0 Å². The lowest BCUT2D eigenvalue weighted by Crippen LogP contribution is -2.39. The minimum absolute atomic E-state index is 0.195. The average molecular weight is 352 g/mol. The zero-order valence-electron chi connectivity index (χ0n) is 14.9. The third kappa shape index (κ3) is 4.80. The summed E-state index contributed by atoms with van der Waals surface area (Å²) in [6.07, 6.45) is 4.70. The van der Waals surface area contributed by atoms with Crippen molar-refractivity contribution in [1.29, 1.82) is 0 Å². The molecule has 2 fully saturated rings. The minimum Gasteiger partial charge on any atom is -0.303 e. The van der Waals surface area contributed by atoms with Crippen LogP contribution in [-0.4, -0.2) is 42.6 Å². The molecule has 26 heavy (non-hydrogen) atoms. The van der Waals surface area contributed by atoms with E-state index in [1.165, 1.54) is 0 Å². The molecule has 5 heteroatoms. The number of carbonyl (C=O) groups is 3. The number of aldehydes is 1. The molecule has 0 bridgehead atoms. The Balaban J connectivity index is 1.53. The molecular weight excluding hydrogens is 328 g/mol. The predicted octanol–water partition coefficient (Wildman–Crippen LogP) is 1.86. The largest absolute Gasteiger partial charge is 0.303 e. The maximum Gasteiger partial charge on any atom is 0.234 e. The molecule has 0 saturated carbocycles. The number of hydrogen-bond acceptors (Lipinski definition) is 4. The zero-order valence-corrected chi connectivity index (χ0v) is 14.9. The summed E-state index contributed by atoms with van der Waals surface area (Å²) < 4.78 is 0. The first-order valence-corrected chi connectivity index (χ1v) is 9.26. The fraction of sp³-hybridized carbons (Fsp3) is 0.476. The summed E-state index contributed by atoms with van der Waals surface area (Å²) in [5, 5.41) is 2.40. The van der Waals surface area contributed by atoms with Crippen LogP contribution in [0.1, 0.15) is 49.1 Å². The molecular formula is C21H24N2O3. The maximum absolute atomic E-state index is 12.0. The molecule has 0 aliphatic carbocycles. The highest BCUT2D eigenvalue weighted by Gasteiger charge is 2.27. The summed E-state index contributed by atoms with van der Waals surface area (Å²) in [5.41, 5.74) is 1.81. The van der Waals surface area contributed by atoms with E-state index in [0.29, 0.717) is 12.8 Å². The second-order valence-corrected chi connectivity index (χ2v) is 7.00. The van der Waals surface area contributed by atoms with Gasteiger partial charge in [-0.25, -0.2) is 0 Å². The van der Waals surface area contributed by atoms with Gasteiger partial charge in [-0.3, -0.25) is 14.9 Å². The Morgan fingerprint density at radius 1 is 1.19 bits per heavy atom. The normalized spacial score (nSPS) is 21.6. The second-order valence-electron chi connectivity index (χ2n) is 7.00. The zero-order chi connectivity index (χ0) is 18.4. The second kappa shape index (κ2) is 8.77. The first-order chi connectivity index (χ1) is 12.7. The van der Waals surface area contributed by atoms with Crippen LogP contribution in [0.5, 0.6) is 0 Å². The molecule has 3 rings (SSSR count). The Kier molecular flexibility index (Phi) is 6.19. The molecule has 2 saturated heterocycles. The Bertz CT molecular complexity index is 739. The van der Waals surface area contributed by atoms with Gasteiger partial charge in [0.2, 0.25) is 11.8 Å². The van der Waals surface area contributed by atoms with Gasteiger partial charge in [0.05, 0.1) is 5.92 Å². The van der Waals surface area contributed by atoms with Gasteiger partial charge in [-0.15, -0.1) is 0 Å². The van der Waals surface area contributed by atoms with E-state index in [2.05, 4.69) is 22.1 Å². The summed E-state index contributed by atoms with van der Waals surface area (Å²) >= 11 is 0. The van der Waals surface area contributed by atoms with E-state index in [1.807, 2.05) is 24.3 Å². The lowest BCUT2D eigenvalue weighted by atomic mass is 9.90. The van der Waals surface area contributed by atoms with Crippen LogP contribution in [0.25, 0.3) is 0 Å². The fourth-order valence-electron chi connectivity index (χ4n) is 3.54. The van der Waals surface area contributed by atoms with Crippen molar-refractivity contribution in [2.45, 2.75) is 38.0 Å². The number of nitrogens with zero attached hydrogens (tertiary/aromatic N) is 1. The number of imide groups is 1. The Morgan fingerprint density at radius 2 is 2.00 bits per heavy atom. The molecule has 2 aliphatic rings. The molecule has 1 unspecified atom stereocenters. The number of amides is 2. The van der Waals surface area contributed by atoms with Crippen molar-refractivity contribution in [2.75, 3.05) is 19.6 Å². The van der Waals surface area contributed by atoms with E-state index in [9.17, 15) is 14.4 Å². The van der Waals surface area contributed by atoms with Crippen LogP contribution < -0.4 is 5.32 Å². The third-order valence-electron chi connectivity index (χ3n) is 5.14. The summed E-state index contributed by atoms with van der Waals surface area (Å²) in [4.78, 5) is 36.4. The molecule has 0 radical (unpaired) electrons. The van der Waals surface area contributed by atoms with E-state index in [0.717, 1.165) is 56.3 Å². The van der Waals surface area contributed by atoms with Crippen LogP contribution in [0.4, 0.5) is 0 Å². The maximum atomic E-state index is 12.0. The topological polar surface area (TPSA) is 66.5 Å². The van der Waals surface area contributed by atoms with Crippen molar-refractivity contribution < 1.29 is 14.4 Å². The highest BCUT2D eigenvalue weighted by Crippen LogP contribution is 2.25. The van der Waals surface area contributed by atoms with Crippen LogP contribution >= 0.6 is 0 Å². The van der Waals surface area contributed by atoms with Gasteiger partial charge in [0.1, 0.15) is 6.29 Å². The first-order valence-electron chi connectivity index (χ1n) is 9.26. The SMILES string of the molecule is O=CC1CCN(CCC#Cc2cccc(C3CCC(=O)NC3=O)c2)CC1. The third-order valence-corrected chi connectivity index (χ3v) is 5.14. The molecule has 2 amide bonds. The number of carbonyl (C=O) groups excluding carboxylic acids is 3. The van der Waals surface area contributed by atoms with Crippen LogP contribution in [-0.2, 0) is 14.4 Å². The molecule has 0 aromatic heterocycles. The van der Waals surface area contributed by atoms with Gasteiger partial charge in [-0.2, -0.15) is 0 Å². The fourth-order valence-corrected chi connectivity index (χ4v) is 3.54. The quantitative estimate of drug-likeness (QED) is 0.510. The summed E-state index contributed by atoms with van der Waals surface area (Å²) in [7, 11) is 0. The van der Waals surface area contributed by atoms with Gasteiger partial charge in [-0.05, 0) is 50.0 Å². The van der Waals surface area contributed by atoms with Gasteiger partial charge in [0.25, 0.3) is 0 Å². The number of piperidine rings is 2. The van der Waals surface area contributed by atoms with Gasteiger partial charge in [-0.1, -0.05) is 24.0 Å². The molecule has 5 nitrogen and oxygen atoms in total. The Labute approximate surface area is 154 Å². The van der Waals surface area contributed by atoms with Crippen LogP contribution in [0.15, 0.2) is 24.3 Å². The molecule has 2 heterocycles. The van der Waals surface area contributed by atoms with Gasteiger partial charge < -0.3 is 9.69 Å². The van der Waals surface area contributed by atoms with Gasteiger partial charge in [0, 0.05) is 30.9 Å². The summed E-state index contributed by atoms with van der Waals surface area (Å²) in [6, 6.07) is 7.72. The van der Waals surface area contributed by atoms with Crippen molar-refractivity contribution in [1.82, 2.24) is 10.2 Å². The molecule has 2 aliphatic heterocycles. The number of likely N-dealkylation sites (tertiary alicyclic amines) is 1. The van der Waals surface area contributed by atoms with Crippen LogP contribution in [0.2, 0.25) is 0 Å². The standard InChI is InChI=1S/C21H24N2O3/c24-15-17-9-12-23(13-10-17)11-2-1-4-16-5-3-6-18(14-16)19-7-8-20(25)22-21(19)26/h3,5-6,14-15,17,19H,2,7-13H2,(H,22,25,26). The summed E-state index contributed by atoms with van der Waals surface area (Å²) in [6.45, 7) is 2.86. The van der Waals surface area contributed by atoms with Crippen molar-refractivity contribution >= 4 is 18.1 Å². The van der Waals surface area contributed by atoms with E-state index in [1.54, 1.807) is 0 Å². The Morgan fingerprint density at radius 3 is 2.73 bits per heavy atom. The molecule has 136 valence electrons. The number of rotatable bonds is 4. The predicted molar refractivity (Wildman–Crippen MR) is 98.3 cm³/mol. The Hall–Kier alpha value is -2.45. The smallest absolute Gasteiger partial charge is 0.234 e. The van der Waals surface area contributed by atoms with E-state index < -0.39 is 0 Å². The average Bonchev–Trinajstić information content (AvgIpc) is 2.66. The minimum atomic E-state index is -0.270. The summed E-state index contributed by atoms with van der Waals surface area (Å²) in [5.74, 6) is 5.93. The van der Waals surface area contributed by atoms with E-state index >= 15 is 0 Å². The first kappa shape index (κ1) is 18.3. The number of nitrogens with one attached hydrogen (secondary N) is 1. The highest BCUT2D eigenvalue weighted by molar-refractivity contribution is 6.00.